The summed E-state index contributed by atoms with van der Waals surface area (Å²) in [6, 6.07) is 5.05. The number of rotatable bonds is 6. The van der Waals surface area contributed by atoms with Gasteiger partial charge in [-0.15, -0.1) is 0 Å². The molecule has 0 fully saturated rings. The Balaban J connectivity index is 2.09. The van der Waals surface area contributed by atoms with Crippen LogP contribution in [0.4, 0.5) is 17.6 Å². The van der Waals surface area contributed by atoms with Crippen molar-refractivity contribution >= 4 is 5.97 Å². The number of nitrogens with zero attached hydrogens (tertiary/aromatic N) is 3. The summed E-state index contributed by atoms with van der Waals surface area (Å²) in [5, 5.41) is 0. The van der Waals surface area contributed by atoms with Crippen molar-refractivity contribution in [2.45, 2.75) is 26.1 Å². The number of aromatic nitrogens is 3. The lowest BCUT2D eigenvalue weighted by Gasteiger charge is -2.17. The summed E-state index contributed by atoms with van der Waals surface area (Å²) in [6.45, 7) is 2.88. The zero-order chi connectivity index (χ0) is 26.1. The molecule has 3 rings (SSSR count). The van der Waals surface area contributed by atoms with E-state index in [9.17, 15) is 31.9 Å². The van der Waals surface area contributed by atoms with Crippen LogP contribution in [0.25, 0.3) is 5.69 Å². The van der Waals surface area contributed by atoms with Crippen LogP contribution in [-0.2, 0) is 22.8 Å². The second kappa shape index (κ2) is 9.60. The highest BCUT2D eigenvalue weighted by atomic mass is 19.4. The van der Waals surface area contributed by atoms with Crippen LogP contribution in [0.5, 0.6) is 17.4 Å². The Kier molecular flexibility index (Phi) is 6.99. The number of esters is 1. The zero-order valence-electron chi connectivity index (χ0n) is 18.8. The number of aryl methyl sites for hydroxylation is 1. The van der Waals surface area contributed by atoms with Crippen molar-refractivity contribution in [1.29, 1.82) is 0 Å². The van der Waals surface area contributed by atoms with E-state index in [2.05, 4.69) is 9.72 Å². The molecule has 0 amide bonds. The van der Waals surface area contributed by atoms with Crippen molar-refractivity contribution in [3.8, 4) is 23.1 Å². The van der Waals surface area contributed by atoms with Gasteiger partial charge in [-0.1, -0.05) is 0 Å². The van der Waals surface area contributed by atoms with Crippen LogP contribution in [0.1, 0.15) is 18.2 Å². The molecule has 0 bridgehead atoms. The predicted molar refractivity (Wildman–Crippen MR) is 113 cm³/mol. The number of pyridine rings is 1. The Morgan fingerprint density at radius 1 is 1.14 bits per heavy atom. The van der Waals surface area contributed by atoms with Crippen LogP contribution >= 0.6 is 0 Å². The van der Waals surface area contributed by atoms with Crippen molar-refractivity contribution in [3.63, 3.8) is 0 Å². The second-order valence-corrected chi connectivity index (χ2v) is 7.30. The van der Waals surface area contributed by atoms with Gasteiger partial charge in [-0.3, -0.25) is 9.36 Å². The molecule has 9 nitrogen and oxygen atoms in total. The molecule has 3 aromatic rings. The molecule has 2 heterocycles. The number of benzene rings is 1. The lowest BCUT2D eigenvalue weighted by atomic mass is 10.2. The van der Waals surface area contributed by atoms with Gasteiger partial charge in [0.2, 0.25) is 0 Å². The van der Waals surface area contributed by atoms with Crippen LogP contribution in [0.15, 0.2) is 46.1 Å². The average Bonchev–Trinajstić information content (AvgIpc) is 2.78. The third-order valence-electron chi connectivity index (χ3n) is 4.87. The minimum atomic E-state index is -4.97. The fourth-order valence-electron chi connectivity index (χ4n) is 3.09. The van der Waals surface area contributed by atoms with E-state index in [4.69, 9.17) is 9.47 Å². The van der Waals surface area contributed by atoms with E-state index in [1.54, 1.807) is 0 Å². The standard InChI is InChI=1S/C22H19F4N3O6/c1-11-8-13(23)14(29-18(30)10-17(22(24,25)26)28(3)21(29)32)9-16(11)35-15-6-5-7-27-19(15)34-12(2)20(31)33-4/h5-10,12H,1-4H3. The third-order valence-corrected chi connectivity index (χ3v) is 4.87. The number of ether oxygens (including phenoxy) is 3. The summed E-state index contributed by atoms with van der Waals surface area (Å²) in [4.78, 5) is 40.6. The minimum Gasteiger partial charge on any atom is -0.466 e. The number of hydrogen-bond donors (Lipinski definition) is 0. The van der Waals surface area contributed by atoms with Gasteiger partial charge >= 0.3 is 17.8 Å². The molecule has 35 heavy (non-hydrogen) atoms. The maximum Gasteiger partial charge on any atom is 0.431 e. The molecule has 0 aliphatic rings. The van der Waals surface area contributed by atoms with Gasteiger partial charge in [-0.25, -0.2) is 23.5 Å². The summed E-state index contributed by atoms with van der Waals surface area (Å²) < 4.78 is 70.4. The van der Waals surface area contributed by atoms with Crippen molar-refractivity contribution < 1.29 is 36.6 Å². The molecular formula is C22H19F4N3O6. The van der Waals surface area contributed by atoms with Crippen molar-refractivity contribution in [1.82, 2.24) is 14.1 Å². The predicted octanol–water partition coefficient (Wildman–Crippen LogP) is 3.13. The molecular weight excluding hydrogens is 478 g/mol. The zero-order valence-corrected chi connectivity index (χ0v) is 18.8. The molecule has 1 atom stereocenters. The number of carbonyl (C=O) groups excluding carboxylic acids is 1. The second-order valence-electron chi connectivity index (χ2n) is 7.30. The Labute approximate surface area is 195 Å². The van der Waals surface area contributed by atoms with Gasteiger partial charge in [0, 0.05) is 25.4 Å². The van der Waals surface area contributed by atoms with Gasteiger partial charge in [0.15, 0.2) is 11.9 Å². The highest BCUT2D eigenvalue weighted by molar-refractivity contribution is 5.74. The van der Waals surface area contributed by atoms with E-state index in [1.165, 1.54) is 39.3 Å². The van der Waals surface area contributed by atoms with Crippen LogP contribution in [0.3, 0.4) is 0 Å². The molecule has 0 N–H and O–H groups in total. The van der Waals surface area contributed by atoms with Crippen molar-refractivity contribution in [2.24, 2.45) is 7.05 Å². The van der Waals surface area contributed by atoms with Gasteiger partial charge in [-0.2, -0.15) is 13.2 Å². The van der Waals surface area contributed by atoms with E-state index in [0.717, 1.165) is 19.2 Å². The molecule has 2 aromatic heterocycles. The Hall–Kier alpha value is -4.16. The van der Waals surface area contributed by atoms with Crippen LogP contribution < -0.4 is 20.7 Å². The lowest BCUT2D eigenvalue weighted by molar-refractivity contribution is -0.148. The maximum absolute atomic E-state index is 14.8. The van der Waals surface area contributed by atoms with E-state index in [-0.39, 0.29) is 38.1 Å². The Morgan fingerprint density at radius 2 is 1.83 bits per heavy atom. The number of alkyl halides is 3. The number of carbonyl (C=O) groups is 1. The summed E-state index contributed by atoms with van der Waals surface area (Å²) in [5.41, 5.74) is -4.68. The monoisotopic (exact) mass is 497 g/mol. The first-order chi connectivity index (χ1) is 16.3. The fraction of sp³-hybridized carbons (Fsp3) is 0.273. The summed E-state index contributed by atoms with van der Waals surface area (Å²) in [6.07, 6.45) is -4.65. The highest BCUT2D eigenvalue weighted by Gasteiger charge is 2.35. The van der Waals surface area contributed by atoms with Gasteiger partial charge in [0.1, 0.15) is 17.3 Å². The highest BCUT2D eigenvalue weighted by Crippen LogP contribution is 2.34. The SMILES string of the molecule is COC(=O)C(C)Oc1ncccc1Oc1cc(-n2c(=O)cc(C(F)(F)F)n(C)c2=O)c(F)cc1C. The van der Waals surface area contributed by atoms with Crippen LogP contribution in [0, 0.1) is 12.7 Å². The average molecular weight is 497 g/mol. The molecule has 0 radical (unpaired) electrons. The van der Waals surface area contributed by atoms with Gasteiger partial charge in [0.05, 0.1) is 12.8 Å². The molecule has 0 spiro atoms. The molecule has 0 aliphatic carbocycles. The first-order valence-corrected chi connectivity index (χ1v) is 9.93. The van der Waals surface area contributed by atoms with Gasteiger partial charge < -0.3 is 14.2 Å². The summed E-state index contributed by atoms with van der Waals surface area (Å²) in [7, 11) is 1.99. The smallest absolute Gasteiger partial charge is 0.431 e. The summed E-state index contributed by atoms with van der Waals surface area (Å²) >= 11 is 0. The lowest BCUT2D eigenvalue weighted by Crippen LogP contribution is -2.41. The molecule has 13 heteroatoms. The van der Waals surface area contributed by atoms with E-state index in [1.807, 2.05) is 0 Å². The largest absolute Gasteiger partial charge is 0.466 e. The quantitative estimate of drug-likeness (QED) is 0.381. The number of methoxy groups -OCH3 is 1. The Morgan fingerprint density at radius 3 is 2.46 bits per heavy atom. The van der Waals surface area contributed by atoms with Gasteiger partial charge in [-0.05, 0) is 37.6 Å². The maximum atomic E-state index is 14.8. The molecule has 0 saturated carbocycles. The summed E-state index contributed by atoms with van der Waals surface area (Å²) in [5.74, 6) is -1.90. The van der Waals surface area contributed by atoms with E-state index in [0.29, 0.717) is 0 Å². The normalized spacial score (nSPS) is 12.2. The number of halogens is 4. The Bertz CT molecular complexity index is 1400. The number of hydrogen-bond acceptors (Lipinski definition) is 7. The third kappa shape index (κ3) is 5.18. The van der Waals surface area contributed by atoms with E-state index < -0.39 is 46.7 Å². The molecule has 1 unspecified atom stereocenters. The van der Waals surface area contributed by atoms with Crippen LogP contribution in [0.2, 0.25) is 0 Å². The topological polar surface area (TPSA) is 102 Å². The van der Waals surface area contributed by atoms with Crippen LogP contribution in [-0.4, -0.2) is 33.3 Å². The van der Waals surface area contributed by atoms with Crippen molar-refractivity contribution in [3.05, 3.63) is 74.4 Å². The van der Waals surface area contributed by atoms with Crippen molar-refractivity contribution in [2.75, 3.05) is 7.11 Å². The first-order valence-electron chi connectivity index (χ1n) is 9.93. The molecule has 1 aromatic carbocycles. The molecule has 0 saturated heterocycles. The molecule has 186 valence electrons. The fourth-order valence-corrected chi connectivity index (χ4v) is 3.09. The first kappa shape index (κ1) is 25.5. The molecule has 0 aliphatic heterocycles. The van der Waals surface area contributed by atoms with E-state index >= 15 is 0 Å². The van der Waals surface area contributed by atoms with Gasteiger partial charge in [0.25, 0.3) is 11.4 Å². The minimum absolute atomic E-state index is 0.00317.